The molecule has 0 saturated heterocycles. The average molecular weight is 316 g/mol. The maximum atomic E-state index is 12.2. The fourth-order valence-corrected chi connectivity index (χ4v) is 2.82. The third kappa shape index (κ3) is 5.02. The third-order valence-electron chi connectivity index (χ3n) is 4.12. The smallest absolute Gasteiger partial charge is 0.240 e. The molecule has 0 fully saturated rings. The van der Waals surface area contributed by atoms with E-state index in [1.54, 1.807) is 7.11 Å². The third-order valence-corrected chi connectivity index (χ3v) is 4.12. The van der Waals surface area contributed by atoms with Gasteiger partial charge in [-0.25, -0.2) is 0 Å². The lowest BCUT2D eigenvalue weighted by Crippen LogP contribution is -2.34. The number of carbonyl (C=O) groups excluding carboxylic acids is 1. The van der Waals surface area contributed by atoms with Crippen molar-refractivity contribution in [3.63, 3.8) is 0 Å². The predicted octanol–water partition coefficient (Wildman–Crippen LogP) is 3.98. The molecule has 4 nitrogen and oxygen atoms in total. The van der Waals surface area contributed by atoms with Gasteiger partial charge in [-0.3, -0.25) is 4.79 Å². The summed E-state index contributed by atoms with van der Waals surface area (Å²) in [5.41, 5.74) is 1.05. The zero-order valence-electron chi connectivity index (χ0n) is 14.6. The number of ether oxygens (including phenoxy) is 1. The highest BCUT2D eigenvalue weighted by molar-refractivity contribution is 5.84. The standard InChI is InChI=1S/C19H28N2O2/c1-14(2)6-5-7-15(3)20-19(22)13-21-11-10-16-12-17(23-4)8-9-18(16)21/h8-12,14-15H,5-7,13H2,1-4H3,(H,20,22)/t15-/m0/s1. The van der Waals surface area contributed by atoms with E-state index in [-0.39, 0.29) is 11.9 Å². The van der Waals surface area contributed by atoms with E-state index in [2.05, 4.69) is 26.1 Å². The molecule has 0 aliphatic rings. The van der Waals surface area contributed by atoms with Gasteiger partial charge >= 0.3 is 0 Å². The van der Waals surface area contributed by atoms with Crippen LogP contribution in [0.1, 0.15) is 40.0 Å². The molecule has 0 unspecified atom stereocenters. The summed E-state index contributed by atoms with van der Waals surface area (Å²) in [6.45, 7) is 6.89. The first kappa shape index (κ1) is 17.4. The summed E-state index contributed by atoms with van der Waals surface area (Å²) in [6, 6.07) is 8.14. The van der Waals surface area contributed by atoms with Gasteiger partial charge in [0.15, 0.2) is 0 Å². The first-order chi connectivity index (χ1) is 11.0. The number of rotatable bonds is 8. The minimum atomic E-state index is 0.0652. The Balaban J connectivity index is 1.90. The van der Waals surface area contributed by atoms with Crippen molar-refractivity contribution in [1.29, 1.82) is 0 Å². The molecule has 0 aliphatic carbocycles. The Morgan fingerprint density at radius 1 is 1.22 bits per heavy atom. The molecule has 2 rings (SSSR count). The Hall–Kier alpha value is -1.97. The van der Waals surface area contributed by atoms with Crippen molar-refractivity contribution in [3.05, 3.63) is 30.5 Å². The van der Waals surface area contributed by atoms with Gasteiger partial charge in [-0.2, -0.15) is 0 Å². The monoisotopic (exact) mass is 316 g/mol. The lowest BCUT2D eigenvalue weighted by molar-refractivity contribution is -0.122. The van der Waals surface area contributed by atoms with E-state index in [0.717, 1.165) is 35.4 Å². The molecule has 1 atom stereocenters. The van der Waals surface area contributed by atoms with Crippen molar-refractivity contribution in [2.24, 2.45) is 5.92 Å². The summed E-state index contributed by atoms with van der Waals surface area (Å²) in [6.07, 6.45) is 5.36. The van der Waals surface area contributed by atoms with Crippen LogP contribution < -0.4 is 10.1 Å². The molecule has 0 spiro atoms. The largest absolute Gasteiger partial charge is 0.497 e. The van der Waals surface area contributed by atoms with Crippen LogP contribution in [-0.2, 0) is 11.3 Å². The highest BCUT2D eigenvalue weighted by atomic mass is 16.5. The average Bonchev–Trinajstić information content (AvgIpc) is 2.88. The van der Waals surface area contributed by atoms with Crippen LogP contribution >= 0.6 is 0 Å². The minimum Gasteiger partial charge on any atom is -0.497 e. The molecule has 2 aromatic rings. The predicted molar refractivity (Wildman–Crippen MR) is 94.8 cm³/mol. The molecule has 4 heteroatoms. The van der Waals surface area contributed by atoms with Crippen molar-refractivity contribution < 1.29 is 9.53 Å². The van der Waals surface area contributed by atoms with E-state index in [4.69, 9.17) is 4.74 Å². The lowest BCUT2D eigenvalue weighted by Gasteiger charge is -2.15. The molecule has 126 valence electrons. The summed E-state index contributed by atoms with van der Waals surface area (Å²) in [4.78, 5) is 12.2. The summed E-state index contributed by atoms with van der Waals surface area (Å²) < 4.78 is 7.21. The molecule has 0 bridgehead atoms. The minimum absolute atomic E-state index is 0.0652. The number of fused-ring (bicyclic) bond motifs is 1. The van der Waals surface area contributed by atoms with Crippen LogP contribution in [0.5, 0.6) is 5.75 Å². The molecule has 1 heterocycles. The van der Waals surface area contributed by atoms with Gasteiger partial charge in [-0.15, -0.1) is 0 Å². The fraction of sp³-hybridized carbons (Fsp3) is 0.526. The Morgan fingerprint density at radius 3 is 2.70 bits per heavy atom. The summed E-state index contributed by atoms with van der Waals surface area (Å²) in [5.74, 6) is 1.62. The lowest BCUT2D eigenvalue weighted by atomic mass is 10.0. The first-order valence-electron chi connectivity index (χ1n) is 8.42. The second kappa shape index (κ2) is 8.04. The van der Waals surface area contributed by atoms with Crippen molar-refractivity contribution in [2.45, 2.75) is 52.6 Å². The molecule has 0 saturated carbocycles. The Bertz CT molecular complexity index is 646. The van der Waals surface area contributed by atoms with Gasteiger partial charge in [0.25, 0.3) is 0 Å². The number of aromatic nitrogens is 1. The van der Waals surface area contributed by atoms with E-state index in [1.807, 2.05) is 35.0 Å². The van der Waals surface area contributed by atoms with Crippen molar-refractivity contribution in [3.8, 4) is 5.75 Å². The summed E-state index contributed by atoms with van der Waals surface area (Å²) in [7, 11) is 1.66. The van der Waals surface area contributed by atoms with Gasteiger partial charge in [-0.1, -0.05) is 26.7 Å². The first-order valence-corrected chi connectivity index (χ1v) is 8.42. The molecular weight excluding hydrogens is 288 g/mol. The second-order valence-corrected chi connectivity index (χ2v) is 6.66. The van der Waals surface area contributed by atoms with Crippen molar-refractivity contribution in [2.75, 3.05) is 7.11 Å². The van der Waals surface area contributed by atoms with Gasteiger partial charge in [0, 0.05) is 23.1 Å². The number of hydrogen-bond acceptors (Lipinski definition) is 2. The summed E-state index contributed by atoms with van der Waals surface area (Å²) in [5, 5.41) is 4.18. The van der Waals surface area contributed by atoms with Gasteiger partial charge in [0.2, 0.25) is 5.91 Å². The highest BCUT2D eigenvalue weighted by Crippen LogP contribution is 2.21. The zero-order chi connectivity index (χ0) is 16.8. The number of hydrogen-bond donors (Lipinski definition) is 1. The van der Waals surface area contributed by atoms with Gasteiger partial charge in [0.05, 0.1) is 7.11 Å². The van der Waals surface area contributed by atoms with Crippen LogP contribution in [0.15, 0.2) is 30.5 Å². The maximum Gasteiger partial charge on any atom is 0.240 e. The normalized spacial score (nSPS) is 12.6. The number of nitrogens with zero attached hydrogens (tertiary/aromatic N) is 1. The number of amides is 1. The number of benzene rings is 1. The molecule has 0 aliphatic heterocycles. The van der Waals surface area contributed by atoms with E-state index in [1.165, 1.54) is 6.42 Å². The molecule has 1 aromatic heterocycles. The van der Waals surface area contributed by atoms with Crippen LogP contribution in [-0.4, -0.2) is 23.6 Å². The van der Waals surface area contributed by atoms with Crippen molar-refractivity contribution in [1.82, 2.24) is 9.88 Å². The summed E-state index contributed by atoms with van der Waals surface area (Å²) >= 11 is 0. The Labute approximate surface area is 138 Å². The highest BCUT2D eigenvalue weighted by Gasteiger charge is 2.10. The number of nitrogens with one attached hydrogen (secondary N) is 1. The second-order valence-electron chi connectivity index (χ2n) is 6.66. The van der Waals surface area contributed by atoms with E-state index < -0.39 is 0 Å². The van der Waals surface area contributed by atoms with Gasteiger partial charge < -0.3 is 14.6 Å². The number of carbonyl (C=O) groups is 1. The van der Waals surface area contributed by atoms with Crippen LogP contribution in [0.4, 0.5) is 0 Å². The van der Waals surface area contributed by atoms with E-state index in [0.29, 0.717) is 6.54 Å². The molecule has 1 aromatic carbocycles. The van der Waals surface area contributed by atoms with Crippen LogP contribution in [0.3, 0.4) is 0 Å². The maximum absolute atomic E-state index is 12.2. The van der Waals surface area contributed by atoms with Crippen LogP contribution in [0.25, 0.3) is 10.9 Å². The quantitative estimate of drug-likeness (QED) is 0.800. The molecular formula is C19H28N2O2. The van der Waals surface area contributed by atoms with E-state index >= 15 is 0 Å². The van der Waals surface area contributed by atoms with Gasteiger partial charge in [0.1, 0.15) is 12.3 Å². The van der Waals surface area contributed by atoms with Gasteiger partial charge in [-0.05, 0) is 43.5 Å². The van der Waals surface area contributed by atoms with Crippen LogP contribution in [0, 0.1) is 5.92 Å². The number of methoxy groups -OCH3 is 1. The Kier molecular flexibility index (Phi) is 6.08. The Morgan fingerprint density at radius 2 is 2.00 bits per heavy atom. The molecule has 1 N–H and O–H groups in total. The molecule has 0 radical (unpaired) electrons. The van der Waals surface area contributed by atoms with Crippen molar-refractivity contribution >= 4 is 16.8 Å². The fourth-order valence-electron chi connectivity index (χ4n) is 2.82. The topological polar surface area (TPSA) is 43.3 Å². The molecule has 23 heavy (non-hydrogen) atoms. The van der Waals surface area contributed by atoms with Crippen LogP contribution in [0.2, 0.25) is 0 Å². The molecule has 1 amide bonds. The zero-order valence-corrected chi connectivity index (χ0v) is 14.6. The SMILES string of the molecule is COc1ccc2c(ccn2CC(=O)N[C@@H](C)CCCC(C)C)c1. The van der Waals surface area contributed by atoms with E-state index in [9.17, 15) is 4.79 Å².